The summed E-state index contributed by atoms with van der Waals surface area (Å²) in [5.41, 5.74) is -0.496. The van der Waals surface area contributed by atoms with Crippen LogP contribution in [0.25, 0.3) is 0 Å². The smallest absolute Gasteiger partial charge is 0.297 e. The van der Waals surface area contributed by atoms with Crippen LogP contribution in [0.5, 0.6) is 0 Å². The van der Waals surface area contributed by atoms with Gasteiger partial charge in [0.05, 0.1) is 17.8 Å². The Hall–Kier alpha value is -0.01000. The predicted molar refractivity (Wildman–Crippen MR) is 65.2 cm³/mol. The summed E-state index contributed by atoms with van der Waals surface area (Å²) in [5, 5.41) is 8.46. The second kappa shape index (κ2) is 5.55. The molecule has 0 bridgehead atoms. The lowest BCUT2D eigenvalue weighted by molar-refractivity contribution is 0.102. The molecule has 0 amide bonds. The van der Waals surface area contributed by atoms with Crippen molar-refractivity contribution in [1.82, 2.24) is 0 Å². The van der Waals surface area contributed by atoms with Gasteiger partial charge in [0.2, 0.25) is 0 Å². The van der Waals surface area contributed by atoms with Crippen LogP contribution in [0.1, 0.15) is 40.0 Å². The minimum absolute atomic E-state index is 0.0859. The Labute approximate surface area is 101 Å². The fourth-order valence-electron chi connectivity index (χ4n) is 0.973. The van der Waals surface area contributed by atoms with Gasteiger partial charge in [-0.2, -0.15) is 5.26 Å². The number of nitrogens with zero attached hydrogens (tertiary/aromatic N) is 1. The van der Waals surface area contributed by atoms with E-state index in [9.17, 15) is 4.57 Å². The van der Waals surface area contributed by atoms with E-state index in [1.54, 1.807) is 0 Å². The van der Waals surface area contributed by atoms with Crippen LogP contribution in [0.3, 0.4) is 0 Å². The second-order valence-corrected chi connectivity index (χ2v) is 8.77. The van der Waals surface area contributed by atoms with Crippen molar-refractivity contribution in [3.63, 3.8) is 0 Å². The molecule has 0 aromatic rings. The van der Waals surface area contributed by atoms with Gasteiger partial charge >= 0.3 is 6.80 Å². The minimum Gasteiger partial charge on any atom is -0.297 e. The van der Waals surface area contributed by atoms with Crippen molar-refractivity contribution < 1.29 is 13.6 Å². The van der Waals surface area contributed by atoms with Gasteiger partial charge in [0.25, 0.3) is 0 Å². The van der Waals surface area contributed by atoms with Gasteiger partial charge < -0.3 is 0 Å². The fourth-order valence-corrected chi connectivity index (χ4v) is 5.10. The van der Waals surface area contributed by atoms with Gasteiger partial charge in [-0.15, -0.1) is 0 Å². The molecule has 92 valence electrons. The van der Waals surface area contributed by atoms with E-state index in [0.717, 1.165) is 24.2 Å². The summed E-state index contributed by atoms with van der Waals surface area (Å²) in [7, 11) is 0. The standard InChI is InChI=1S/C10H18NO3PS/c1-10(2,3)14-15(12,13-9-5-6-9)16-8-4-7-11/h9H,4-6,8H2,1-3H3. The molecule has 0 aromatic heterocycles. The van der Waals surface area contributed by atoms with E-state index in [-0.39, 0.29) is 6.10 Å². The predicted octanol–water partition coefficient (Wildman–Crippen LogP) is 3.74. The highest BCUT2D eigenvalue weighted by Gasteiger charge is 2.38. The molecule has 0 spiro atoms. The van der Waals surface area contributed by atoms with Crippen LogP contribution in [-0.4, -0.2) is 17.5 Å². The van der Waals surface area contributed by atoms with Crippen molar-refractivity contribution in [3.05, 3.63) is 0 Å². The van der Waals surface area contributed by atoms with Gasteiger partial charge in [0.1, 0.15) is 0 Å². The summed E-state index contributed by atoms with van der Waals surface area (Å²) in [6, 6.07) is 2.02. The molecule has 0 saturated heterocycles. The van der Waals surface area contributed by atoms with Crippen molar-refractivity contribution in [2.75, 3.05) is 5.75 Å². The summed E-state index contributed by atoms with van der Waals surface area (Å²) >= 11 is 1.13. The molecule has 0 heterocycles. The summed E-state index contributed by atoms with van der Waals surface area (Å²) < 4.78 is 23.3. The van der Waals surface area contributed by atoms with Crippen molar-refractivity contribution in [2.24, 2.45) is 0 Å². The van der Waals surface area contributed by atoms with Crippen LogP contribution in [-0.2, 0) is 13.6 Å². The lowest BCUT2D eigenvalue weighted by Gasteiger charge is -2.26. The lowest BCUT2D eigenvalue weighted by Crippen LogP contribution is -2.17. The van der Waals surface area contributed by atoms with E-state index in [2.05, 4.69) is 0 Å². The average molecular weight is 263 g/mol. The van der Waals surface area contributed by atoms with Crippen LogP contribution >= 0.6 is 18.2 Å². The third kappa shape index (κ3) is 5.91. The maximum absolute atomic E-state index is 12.4. The molecule has 1 unspecified atom stereocenters. The van der Waals surface area contributed by atoms with Crippen LogP contribution < -0.4 is 0 Å². The van der Waals surface area contributed by atoms with Crippen LogP contribution in [0.2, 0.25) is 0 Å². The Morgan fingerprint density at radius 3 is 2.56 bits per heavy atom. The summed E-state index contributed by atoms with van der Waals surface area (Å²) in [5.74, 6) is 0.483. The summed E-state index contributed by atoms with van der Waals surface area (Å²) in [6.45, 7) is 2.45. The molecule has 1 aliphatic rings. The van der Waals surface area contributed by atoms with Crippen molar-refractivity contribution in [2.45, 2.75) is 51.7 Å². The largest absolute Gasteiger partial charge is 0.389 e. The monoisotopic (exact) mass is 263 g/mol. The lowest BCUT2D eigenvalue weighted by atomic mass is 10.2. The first-order valence-corrected chi connectivity index (χ1v) is 8.49. The first-order chi connectivity index (χ1) is 7.35. The van der Waals surface area contributed by atoms with Crippen LogP contribution in [0, 0.1) is 11.3 Å². The number of nitriles is 1. The van der Waals surface area contributed by atoms with Crippen LogP contribution in [0.4, 0.5) is 0 Å². The zero-order chi connectivity index (χ0) is 12.2. The third-order valence-corrected chi connectivity index (χ3v) is 5.66. The summed E-state index contributed by atoms with van der Waals surface area (Å²) in [4.78, 5) is 0. The Morgan fingerprint density at radius 1 is 1.50 bits per heavy atom. The van der Waals surface area contributed by atoms with Crippen molar-refractivity contribution >= 4 is 18.2 Å². The number of rotatable bonds is 6. The quantitative estimate of drug-likeness (QED) is 0.539. The molecule has 1 fully saturated rings. The van der Waals surface area contributed by atoms with E-state index in [1.807, 2.05) is 26.8 Å². The zero-order valence-corrected chi connectivity index (χ0v) is 11.6. The fraction of sp³-hybridized carbons (Fsp3) is 0.900. The van der Waals surface area contributed by atoms with E-state index < -0.39 is 12.4 Å². The van der Waals surface area contributed by atoms with E-state index >= 15 is 0 Å². The van der Waals surface area contributed by atoms with Gasteiger partial charge in [-0.05, 0) is 45.0 Å². The number of hydrogen-bond acceptors (Lipinski definition) is 5. The third-order valence-electron chi connectivity index (χ3n) is 1.65. The highest BCUT2D eigenvalue weighted by Crippen LogP contribution is 2.65. The molecule has 1 atom stereocenters. The Bertz CT molecular complexity index is 317. The van der Waals surface area contributed by atoms with Gasteiger partial charge in [0.15, 0.2) is 0 Å². The molecule has 1 saturated carbocycles. The van der Waals surface area contributed by atoms with Crippen LogP contribution in [0.15, 0.2) is 0 Å². The average Bonchev–Trinajstić information content (AvgIpc) is 2.84. The SMILES string of the molecule is CC(C)(C)OP(=O)(OC1CC1)SCCC#N. The normalized spacial score (nSPS) is 20.1. The topological polar surface area (TPSA) is 59.3 Å². The van der Waals surface area contributed by atoms with Gasteiger partial charge in [-0.25, -0.2) is 4.57 Å². The molecule has 0 aliphatic heterocycles. The maximum Gasteiger partial charge on any atom is 0.389 e. The van der Waals surface area contributed by atoms with Gasteiger partial charge in [-0.3, -0.25) is 9.05 Å². The number of hydrogen-bond donors (Lipinski definition) is 0. The Balaban J connectivity index is 2.52. The molecule has 6 heteroatoms. The molecular weight excluding hydrogens is 245 g/mol. The molecule has 1 rings (SSSR count). The molecular formula is C10H18NO3PS. The highest BCUT2D eigenvalue weighted by molar-refractivity contribution is 8.55. The highest BCUT2D eigenvalue weighted by atomic mass is 32.7. The summed E-state index contributed by atoms with van der Waals surface area (Å²) in [6.07, 6.45) is 2.35. The van der Waals surface area contributed by atoms with Crippen molar-refractivity contribution in [1.29, 1.82) is 5.26 Å². The van der Waals surface area contributed by atoms with Crippen molar-refractivity contribution in [3.8, 4) is 6.07 Å². The van der Waals surface area contributed by atoms with E-state index in [1.165, 1.54) is 0 Å². The first-order valence-electron chi connectivity index (χ1n) is 5.35. The first kappa shape index (κ1) is 14.1. The second-order valence-electron chi connectivity index (χ2n) is 4.70. The Kier molecular flexibility index (Phi) is 4.88. The molecule has 4 nitrogen and oxygen atoms in total. The van der Waals surface area contributed by atoms with Gasteiger partial charge in [-0.1, -0.05) is 0 Å². The van der Waals surface area contributed by atoms with E-state index in [4.69, 9.17) is 14.3 Å². The molecule has 1 aliphatic carbocycles. The molecule has 0 N–H and O–H groups in total. The van der Waals surface area contributed by atoms with E-state index in [0.29, 0.717) is 12.2 Å². The zero-order valence-electron chi connectivity index (χ0n) is 9.93. The Morgan fingerprint density at radius 2 is 2.12 bits per heavy atom. The molecule has 16 heavy (non-hydrogen) atoms. The maximum atomic E-state index is 12.4. The minimum atomic E-state index is -3.10. The molecule has 0 radical (unpaired) electrons. The molecule has 0 aromatic carbocycles. The van der Waals surface area contributed by atoms with Gasteiger partial charge in [0, 0.05) is 12.2 Å².